The number of hydrogen-bond acceptors (Lipinski definition) is 2. The van der Waals surface area contributed by atoms with E-state index in [0.717, 1.165) is 12.5 Å². The molecule has 2 nitrogen and oxygen atoms in total. The second kappa shape index (κ2) is 4.84. The normalized spacial score (nSPS) is 26.8. The fourth-order valence-electron chi connectivity index (χ4n) is 3.00. The van der Waals surface area contributed by atoms with Gasteiger partial charge in [-0.3, -0.25) is 0 Å². The minimum atomic E-state index is 0.647. The minimum Gasteiger partial charge on any atom is -0.330 e. The fourth-order valence-corrected chi connectivity index (χ4v) is 3.00. The third-order valence-electron chi connectivity index (χ3n) is 4.48. The van der Waals surface area contributed by atoms with E-state index >= 15 is 0 Å². The molecule has 0 radical (unpaired) electrons. The number of likely N-dealkylation sites (tertiary alicyclic amines) is 1. The molecule has 2 fully saturated rings. The highest BCUT2D eigenvalue weighted by Gasteiger charge is 2.43. The largest absolute Gasteiger partial charge is 0.330 e. The zero-order valence-electron chi connectivity index (χ0n) is 10.2. The summed E-state index contributed by atoms with van der Waals surface area (Å²) in [5.74, 6) is 1.01. The van der Waals surface area contributed by atoms with Crippen molar-refractivity contribution >= 4 is 0 Å². The van der Waals surface area contributed by atoms with Crippen LogP contribution in [0, 0.1) is 11.3 Å². The molecule has 1 heterocycles. The Morgan fingerprint density at radius 1 is 1.27 bits per heavy atom. The molecular weight excluding hydrogens is 184 g/mol. The van der Waals surface area contributed by atoms with Gasteiger partial charge in [-0.05, 0) is 63.1 Å². The standard InChI is InChI=1S/C13H26N2/c1-2-12-3-9-15(10-4-12)11-13(5-6-13)7-8-14/h12H,2-11,14H2,1H3. The van der Waals surface area contributed by atoms with Crippen LogP contribution in [0.1, 0.15) is 45.4 Å². The second-order valence-corrected chi connectivity index (χ2v) is 5.67. The van der Waals surface area contributed by atoms with E-state index in [1.54, 1.807) is 0 Å². The number of nitrogens with two attached hydrogens (primary N) is 1. The smallest absolute Gasteiger partial charge is 0.00385 e. The summed E-state index contributed by atoms with van der Waals surface area (Å²) >= 11 is 0. The van der Waals surface area contributed by atoms with Crippen LogP contribution in [-0.2, 0) is 0 Å². The summed E-state index contributed by atoms with van der Waals surface area (Å²) in [5, 5.41) is 0. The first kappa shape index (κ1) is 11.4. The molecule has 0 aromatic carbocycles. The molecule has 2 aliphatic rings. The highest BCUT2D eigenvalue weighted by Crippen LogP contribution is 2.49. The topological polar surface area (TPSA) is 29.3 Å². The van der Waals surface area contributed by atoms with Crippen LogP contribution in [0.5, 0.6) is 0 Å². The molecule has 15 heavy (non-hydrogen) atoms. The van der Waals surface area contributed by atoms with Gasteiger partial charge in [-0.15, -0.1) is 0 Å². The maximum Gasteiger partial charge on any atom is 0.00385 e. The van der Waals surface area contributed by atoms with E-state index in [2.05, 4.69) is 11.8 Å². The van der Waals surface area contributed by atoms with Crippen LogP contribution in [-0.4, -0.2) is 31.1 Å². The summed E-state index contributed by atoms with van der Waals surface area (Å²) < 4.78 is 0. The maximum atomic E-state index is 5.68. The summed E-state index contributed by atoms with van der Waals surface area (Å²) in [5.41, 5.74) is 6.33. The van der Waals surface area contributed by atoms with Crippen LogP contribution in [0.25, 0.3) is 0 Å². The number of rotatable bonds is 5. The number of nitrogens with zero attached hydrogens (tertiary/aromatic N) is 1. The lowest BCUT2D eigenvalue weighted by atomic mass is 9.93. The molecule has 1 aliphatic carbocycles. The molecule has 1 saturated heterocycles. The molecule has 0 amide bonds. The molecule has 0 bridgehead atoms. The van der Waals surface area contributed by atoms with Crippen molar-refractivity contribution < 1.29 is 0 Å². The first-order valence-electron chi connectivity index (χ1n) is 6.70. The molecule has 0 aromatic heterocycles. The highest BCUT2D eigenvalue weighted by molar-refractivity contribution is 4.96. The zero-order valence-corrected chi connectivity index (χ0v) is 10.2. The van der Waals surface area contributed by atoms with Crippen molar-refractivity contribution in [2.75, 3.05) is 26.2 Å². The Morgan fingerprint density at radius 3 is 2.40 bits per heavy atom. The fraction of sp³-hybridized carbons (Fsp3) is 1.00. The Labute approximate surface area is 94.2 Å². The molecule has 2 heteroatoms. The molecule has 1 saturated carbocycles. The van der Waals surface area contributed by atoms with E-state index < -0.39 is 0 Å². The predicted molar refractivity (Wildman–Crippen MR) is 64.8 cm³/mol. The van der Waals surface area contributed by atoms with Gasteiger partial charge >= 0.3 is 0 Å². The van der Waals surface area contributed by atoms with E-state index in [1.165, 1.54) is 58.2 Å². The van der Waals surface area contributed by atoms with Crippen LogP contribution < -0.4 is 5.73 Å². The number of hydrogen-bond donors (Lipinski definition) is 1. The number of piperidine rings is 1. The lowest BCUT2D eigenvalue weighted by Gasteiger charge is -2.34. The van der Waals surface area contributed by atoms with Crippen LogP contribution >= 0.6 is 0 Å². The Bertz CT molecular complexity index is 191. The van der Waals surface area contributed by atoms with E-state index in [1.807, 2.05) is 0 Å². The third-order valence-corrected chi connectivity index (χ3v) is 4.48. The van der Waals surface area contributed by atoms with Crippen LogP contribution in [0.3, 0.4) is 0 Å². The molecule has 2 rings (SSSR count). The molecular formula is C13H26N2. The van der Waals surface area contributed by atoms with E-state index in [4.69, 9.17) is 5.73 Å². The molecule has 1 aliphatic heterocycles. The van der Waals surface area contributed by atoms with Crippen LogP contribution in [0.2, 0.25) is 0 Å². The van der Waals surface area contributed by atoms with Crippen molar-refractivity contribution in [1.82, 2.24) is 4.90 Å². The van der Waals surface area contributed by atoms with Crippen molar-refractivity contribution in [2.45, 2.75) is 45.4 Å². The van der Waals surface area contributed by atoms with Gasteiger partial charge in [0, 0.05) is 6.54 Å². The van der Waals surface area contributed by atoms with Gasteiger partial charge in [0.25, 0.3) is 0 Å². The van der Waals surface area contributed by atoms with Crippen molar-refractivity contribution in [3.8, 4) is 0 Å². The van der Waals surface area contributed by atoms with Crippen molar-refractivity contribution in [3.63, 3.8) is 0 Å². The molecule has 0 aromatic rings. The Balaban J connectivity index is 1.72. The van der Waals surface area contributed by atoms with E-state index in [9.17, 15) is 0 Å². The van der Waals surface area contributed by atoms with Gasteiger partial charge in [0.2, 0.25) is 0 Å². The first-order chi connectivity index (χ1) is 7.28. The quantitative estimate of drug-likeness (QED) is 0.754. The van der Waals surface area contributed by atoms with Gasteiger partial charge in [0.1, 0.15) is 0 Å². The average molecular weight is 210 g/mol. The summed E-state index contributed by atoms with van der Waals surface area (Å²) in [6.07, 6.45) is 8.34. The zero-order chi connectivity index (χ0) is 10.7. The minimum absolute atomic E-state index is 0.647. The van der Waals surface area contributed by atoms with Gasteiger partial charge in [-0.25, -0.2) is 0 Å². The molecule has 88 valence electrons. The molecule has 0 unspecified atom stereocenters. The predicted octanol–water partition coefficient (Wildman–Crippen LogP) is 2.24. The first-order valence-corrected chi connectivity index (χ1v) is 6.70. The van der Waals surface area contributed by atoms with E-state index in [-0.39, 0.29) is 0 Å². The molecule has 2 N–H and O–H groups in total. The average Bonchev–Trinajstić information content (AvgIpc) is 3.00. The second-order valence-electron chi connectivity index (χ2n) is 5.67. The van der Waals surface area contributed by atoms with Crippen molar-refractivity contribution in [1.29, 1.82) is 0 Å². The summed E-state index contributed by atoms with van der Waals surface area (Å²) in [6, 6.07) is 0. The third kappa shape index (κ3) is 2.94. The Morgan fingerprint density at radius 2 is 1.93 bits per heavy atom. The van der Waals surface area contributed by atoms with E-state index in [0.29, 0.717) is 5.41 Å². The van der Waals surface area contributed by atoms with Crippen molar-refractivity contribution in [2.24, 2.45) is 17.1 Å². The Hall–Kier alpha value is -0.0800. The monoisotopic (exact) mass is 210 g/mol. The lowest BCUT2D eigenvalue weighted by Crippen LogP contribution is -2.38. The lowest BCUT2D eigenvalue weighted by molar-refractivity contribution is 0.149. The molecule has 0 spiro atoms. The highest BCUT2D eigenvalue weighted by atomic mass is 15.1. The van der Waals surface area contributed by atoms with Crippen LogP contribution in [0.15, 0.2) is 0 Å². The van der Waals surface area contributed by atoms with Gasteiger partial charge in [0.15, 0.2) is 0 Å². The summed E-state index contributed by atoms with van der Waals surface area (Å²) in [7, 11) is 0. The van der Waals surface area contributed by atoms with Gasteiger partial charge in [-0.2, -0.15) is 0 Å². The summed E-state index contributed by atoms with van der Waals surface area (Å²) in [4.78, 5) is 2.69. The van der Waals surface area contributed by atoms with Crippen LogP contribution in [0.4, 0.5) is 0 Å². The van der Waals surface area contributed by atoms with Crippen molar-refractivity contribution in [3.05, 3.63) is 0 Å². The Kier molecular flexibility index (Phi) is 3.68. The SMILES string of the molecule is CCC1CCN(CC2(CCN)CC2)CC1. The van der Waals surface area contributed by atoms with Gasteiger partial charge < -0.3 is 10.6 Å². The van der Waals surface area contributed by atoms with Gasteiger partial charge in [0.05, 0.1) is 0 Å². The summed E-state index contributed by atoms with van der Waals surface area (Å²) in [6.45, 7) is 7.22. The maximum absolute atomic E-state index is 5.68. The molecule has 0 atom stereocenters. The van der Waals surface area contributed by atoms with Gasteiger partial charge in [-0.1, -0.05) is 13.3 Å².